The van der Waals surface area contributed by atoms with Gasteiger partial charge in [-0.15, -0.1) is 0 Å². The minimum atomic E-state index is -4.36. The molecule has 0 bridgehead atoms. The van der Waals surface area contributed by atoms with E-state index in [1.807, 2.05) is 45.1 Å². The second-order valence-electron chi connectivity index (χ2n) is 6.99. The highest BCUT2D eigenvalue weighted by atomic mass is 32.2. The van der Waals surface area contributed by atoms with Crippen molar-refractivity contribution in [1.82, 2.24) is 10.6 Å². The van der Waals surface area contributed by atoms with Crippen LogP contribution in [0.1, 0.15) is 33.3 Å². The fourth-order valence-electron chi connectivity index (χ4n) is 2.79. The highest BCUT2D eigenvalue weighted by Crippen LogP contribution is 2.36. The number of amides is 1. The Hall–Kier alpha value is -3.20. The van der Waals surface area contributed by atoms with Crippen LogP contribution >= 0.6 is 11.8 Å². The molecule has 5 nitrogen and oxygen atoms in total. The molecule has 0 unspecified atom stereocenters. The van der Waals surface area contributed by atoms with Gasteiger partial charge in [0.1, 0.15) is 6.54 Å². The highest BCUT2D eigenvalue weighted by molar-refractivity contribution is 8.00. The summed E-state index contributed by atoms with van der Waals surface area (Å²) in [6, 6.07) is 5.93. The minimum absolute atomic E-state index is 0.0769. The van der Waals surface area contributed by atoms with Crippen molar-refractivity contribution >= 4 is 23.6 Å². The van der Waals surface area contributed by atoms with Crippen LogP contribution in [0.3, 0.4) is 0 Å². The van der Waals surface area contributed by atoms with Crippen LogP contribution in [0.2, 0.25) is 0 Å². The Balaban J connectivity index is 3.44. The quantitative estimate of drug-likeness (QED) is 0.203. The number of halogens is 3. The smallest absolute Gasteiger partial charge is 0.446 e. The van der Waals surface area contributed by atoms with E-state index in [4.69, 9.17) is 5.11 Å². The molecule has 184 valence electrons. The van der Waals surface area contributed by atoms with E-state index < -0.39 is 23.9 Å². The van der Waals surface area contributed by atoms with Crippen molar-refractivity contribution < 1.29 is 27.9 Å². The predicted molar refractivity (Wildman–Crippen MR) is 130 cm³/mol. The zero-order valence-corrected chi connectivity index (χ0v) is 20.3. The van der Waals surface area contributed by atoms with Gasteiger partial charge in [0.2, 0.25) is 0 Å². The molecule has 9 heteroatoms. The number of thioether (sulfide) groups is 1. The van der Waals surface area contributed by atoms with E-state index in [2.05, 4.69) is 10.6 Å². The van der Waals surface area contributed by atoms with Crippen molar-refractivity contribution in [2.75, 3.05) is 6.54 Å². The van der Waals surface area contributed by atoms with Crippen LogP contribution in [0.15, 0.2) is 88.0 Å². The molecule has 0 saturated heterocycles. The van der Waals surface area contributed by atoms with Gasteiger partial charge in [-0.25, -0.2) is 0 Å². The molecule has 0 heterocycles. The van der Waals surface area contributed by atoms with Crippen LogP contribution in [0.25, 0.3) is 0 Å². The number of hydrogen-bond donors (Lipinski definition) is 3. The summed E-state index contributed by atoms with van der Waals surface area (Å²) in [5.74, 6) is -1.75. The Kier molecular flexibility index (Phi) is 12.0. The molecule has 0 saturated carbocycles. The molecule has 0 aliphatic rings. The van der Waals surface area contributed by atoms with Gasteiger partial charge in [0.15, 0.2) is 0 Å². The summed E-state index contributed by atoms with van der Waals surface area (Å²) < 4.78 is 37.8. The number of hydrogen-bond acceptors (Lipinski definition) is 4. The average Bonchev–Trinajstić information content (AvgIpc) is 2.77. The first kappa shape index (κ1) is 28.8. The number of nitrogens with one attached hydrogen (secondary N) is 2. The van der Waals surface area contributed by atoms with Crippen molar-refractivity contribution in [2.24, 2.45) is 0 Å². The Bertz CT molecular complexity index is 1010. The van der Waals surface area contributed by atoms with Crippen LogP contribution in [-0.2, 0) is 16.1 Å². The summed E-state index contributed by atoms with van der Waals surface area (Å²) in [6.45, 7) is 7.00. The maximum Gasteiger partial charge on any atom is 0.446 e. The molecule has 1 aromatic carbocycles. The maximum absolute atomic E-state index is 12.9. The second kappa shape index (κ2) is 14.1. The standard InChI is InChI=1S/C25H29F3N2O3S/c1-5-8-10-20(17(4)7-3)23(21(9-6-2)24(33)30-16-22(31)32)29-15-18-11-13-19(14-12-18)34-25(26,27)28/h5-14,29H,15-16H2,1-4H3,(H,30,33)(H,31,32)/b8-5-,9-6-,17-7-,20-10+,23-21-. The monoisotopic (exact) mass is 494 g/mol. The van der Waals surface area contributed by atoms with Crippen LogP contribution in [0.5, 0.6) is 0 Å². The van der Waals surface area contributed by atoms with Gasteiger partial charge in [-0.05, 0) is 62.7 Å². The number of aliphatic carboxylic acids is 1. The van der Waals surface area contributed by atoms with Crippen LogP contribution in [0.4, 0.5) is 13.2 Å². The lowest BCUT2D eigenvalue weighted by molar-refractivity contribution is -0.137. The summed E-state index contributed by atoms with van der Waals surface area (Å²) in [6.07, 6.45) is 10.6. The first-order valence-electron chi connectivity index (χ1n) is 10.4. The molecule has 0 spiro atoms. The molecular formula is C25H29F3N2O3S. The van der Waals surface area contributed by atoms with E-state index in [1.54, 1.807) is 31.2 Å². The number of rotatable bonds is 11. The third-order valence-electron chi connectivity index (χ3n) is 4.46. The fourth-order valence-corrected chi connectivity index (χ4v) is 3.32. The molecule has 0 atom stereocenters. The molecule has 1 amide bonds. The topological polar surface area (TPSA) is 78.4 Å². The van der Waals surface area contributed by atoms with Gasteiger partial charge in [-0.3, -0.25) is 9.59 Å². The predicted octanol–water partition coefficient (Wildman–Crippen LogP) is 5.89. The Labute approximate surface area is 202 Å². The number of benzene rings is 1. The highest BCUT2D eigenvalue weighted by Gasteiger charge is 2.29. The Morgan fingerprint density at radius 1 is 1.06 bits per heavy atom. The van der Waals surface area contributed by atoms with Crippen molar-refractivity contribution in [3.63, 3.8) is 0 Å². The van der Waals surface area contributed by atoms with Gasteiger partial charge in [-0.2, -0.15) is 13.2 Å². The molecule has 3 N–H and O–H groups in total. The van der Waals surface area contributed by atoms with Crippen molar-refractivity contribution in [3.05, 3.63) is 88.7 Å². The molecule has 1 aromatic rings. The molecule has 0 fully saturated rings. The summed E-state index contributed by atoms with van der Waals surface area (Å²) >= 11 is -0.186. The second-order valence-corrected chi connectivity index (χ2v) is 8.13. The third kappa shape index (κ3) is 10.2. The Morgan fingerprint density at radius 2 is 1.71 bits per heavy atom. The lowest BCUT2D eigenvalue weighted by atomic mass is 9.97. The average molecular weight is 495 g/mol. The molecular weight excluding hydrogens is 465 g/mol. The van der Waals surface area contributed by atoms with E-state index >= 15 is 0 Å². The van der Waals surface area contributed by atoms with Gasteiger partial charge in [0.05, 0.1) is 11.3 Å². The fraction of sp³-hybridized carbons (Fsp3) is 0.280. The zero-order valence-electron chi connectivity index (χ0n) is 19.5. The van der Waals surface area contributed by atoms with E-state index in [-0.39, 0.29) is 28.8 Å². The van der Waals surface area contributed by atoms with Gasteiger partial charge >= 0.3 is 11.5 Å². The first-order chi connectivity index (χ1) is 16.0. The molecule has 0 aliphatic carbocycles. The van der Waals surface area contributed by atoms with Gasteiger partial charge in [0, 0.05) is 17.0 Å². The lowest BCUT2D eigenvalue weighted by Gasteiger charge is -2.19. The maximum atomic E-state index is 12.9. The summed E-state index contributed by atoms with van der Waals surface area (Å²) in [5, 5.41) is 14.6. The van der Waals surface area contributed by atoms with Crippen LogP contribution < -0.4 is 10.6 Å². The molecule has 1 rings (SSSR count). The largest absolute Gasteiger partial charge is 0.480 e. The molecule has 0 aromatic heterocycles. The van der Waals surface area contributed by atoms with E-state index in [0.717, 1.165) is 5.57 Å². The van der Waals surface area contributed by atoms with Crippen molar-refractivity contribution in [2.45, 2.75) is 44.6 Å². The van der Waals surface area contributed by atoms with Gasteiger partial charge in [-0.1, -0.05) is 48.6 Å². The van der Waals surface area contributed by atoms with Crippen LogP contribution in [-0.4, -0.2) is 29.0 Å². The first-order valence-corrected chi connectivity index (χ1v) is 11.3. The van der Waals surface area contributed by atoms with Crippen molar-refractivity contribution in [1.29, 1.82) is 0 Å². The van der Waals surface area contributed by atoms with E-state index in [9.17, 15) is 22.8 Å². The van der Waals surface area contributed by atoms with E-state index in [0.29, 0.717) is 16.8 Å². The number of carbonyl (C=O) groups excluding carboxylic acids is 1. The van der Waals surface area contributed by atoms with Crippen molar-refractivity contribution in [3.8, 4) is 0 Å². The van der Waals surface area contributed by atoms with Gasteiger partial charge in [0.25, 0.3) is 5.91 Å². The number of allylic oxidation sites excluding steroid dienone is 6. The SMILES string of the molecule is C\C=C/C=C(C(\C)=C/C)/C(NCc1ccc(SC(F)(F)F)cc1)=C(\C=C/C)C(=O)NCC(=O)O. The molecule has 34 heavy (non-hydrogen) atoms. The zero-order chi connectivity index (χ0) is 25.7. The summed E-state index contributed by atoms with van der Waals surface area (Å²) in [4.78, 5) is 23.9. The molecule has 0 radical (unpaired) electrons. The third-order valence-corrected chi connectivity index (χ3v) is 5.20. The normalized spacial score (nSPS) is 13.9. The van der Waals surface area contributed by atoms with Crippen LogP contribution in [0, 0.1) is 0 Å². The summed E-state index contributed by atoms with van der Waals surface area (Å²) in [7, 11) is 0. The number of carboxylic acid groups (broad SMARTS) is 1. The lowest BCUT2D eigenvalue weighted by Crippen LogP contribution is -2.32. The number of alkyl halides is 3. The minimum Gasteiger partial charge on any atom is -0.480 e. The summed E-state index contributed by atoms with van der Waals surface area (Å²) in [5.41, 5.74) is -1.39. The number of carboxylic acids is 1. The Morgan fingerprint density at radius 3 is 2.21 bits per heavy atom. The van der Waals surface area contributed by atoms with E-state index in [1.165, 1.54) is 12.1 Å². The number of carbonyl (C=O) groups is 2. The molecule has 0 aliphatic heterocycles. The van der Waals surface area contributed by atoms with Gasteiger partial charge < -0.3 is 15.7 Å².